The summed E-state index contributed by atoms with van der Waals surface area (Å²) in [7, 11) is 1.60. The van der Waals surface area contributed by atoms with Crippen molar-refractivity contribution in [2.45, 2.75) is 20.0 Å². The molecule has 0 aliphatic heterocycles. The molecule has 0 radical (unpaired) electrons. The van der Waals surface area contributed by atoms with E-state index in [0.29, 0.717) is 12.2 Å². The topological polar surface area (TPSA) is 38.1 Å². The second kappa shape index (κ2) is 6.39. The molecule has 4 nitrogen and oxygen atoms in total. The first-order valence-electron chi connectivity index (χ1n) is 7.53. The van der Waals surface area contributed by atoms with E-state index in [1.807, 2.05) is 30.3 Å². The van der Waals surface area contributed by atoms with Gasteiger partial charge >= 0.3 is 6.55 Å². The van der Waals surface area contributed by atoms with Crippen LogP contribution in [0.3, 0.4) is 0 Å². The highest BCUT2D eigenvalue weighted by Gasteiger charge is 2.22. The molecule has 0 saturated carbocycles. The molecule has 2 aromatic heterocycles. The minimum Gasteiger partial charge on any atom is -0.336 e. The van der Waals surface area contributed by atoms with Crippen LogP contribution in [0.1, 0.15) is 28.3 Å². The first-order valence-corrected chi connectivity index (χ1v) is 7.53. The molecule has 2 heterocycles. The average molecular weight is 329 g/mol. The molecule has 0 aliphatic carbocycles. The van der Waals surface area contributed by atoms with Crippen molar-refractivity contribution < 1.29 is 13.6 Å². The van der Waals surface area contributed by atoms with Gasteiger partial charge in [-0.1, -0.05) is 24.3 Å². The van der Waals surface area contributed by atoms with Crippen LogP contribution in [0.25, 0.3) is 10.9 Å². The molecule has 0 aliphatic rings. The monoisotopic (exact) mass is 329 g/mol. The third kappa shape index (κ3) is 2.87. The van der Waals surface area contributed by atoms with Gasteiger partial charge in [-0.05, 0) is 30.7 Å². The highest BCUT2D eigenvalue weighted by atomic mass is 19.3. The zero-order valence-electron chi connectivity index (χ0n) is 13.4. The summed E-state index contributed by atoms with van der Waals surface area (Å²) >= 11 is 0. The maximum Gasteiger partial charge on any atom is 0.319 e. The summed E-state index contributed by atoms with van der Waals surface area (Å²) in [5, 5.41) is 0.975. The first kappa shape index (κ1) is 16.1. The molecule has 0 fully saturated rings. The van der Waals surface area contributed by atoms with Crippen LogP contribution in [-0.2, 0) is 6.54 Å². The van der Waals surface area contributed by atoms with Gasteiger partial charge in [0.15, 0.2) is 0 Å². The van der Waals surface area contributed by atoms with Gasteiger partial charge in [-0.15, -0.1) is 0 Å². The van der Waals surface area contributed by atoms with E-state index in [4.69, 9.17) is 0 Å². The number of carbonyl (C=O) groups is 1. The second-order valence-electron chi connectivity index (χ2n) is 5.66. The lowest BCUT2D eigenvalue weighted by Gasteiger charge is -2.19. The molecule has 24 heavy (non-hydrogen) atoms. The van der Waals surface area contributed by atoms with E-state index in [-0.39, 0.29) is 5.69 Å². The lowest BCUT2D eigenvalue weighted by molar-refractivity contribution is 0.0564. The third-order valence-corrected chi connectivity index (χ3v) is 4.01. The summed E-state index contributed by atoms with van der Waals surface area (Å²) in [5.41, 5.74) is 2.02. The number of fused-ring (bicyclic) bond motifs is 1. The SMILES string of the molecule is Cc1ccc(C(=O)N(C)Cc2cccc3cccnc23)n1C(F)F. The Labute approximate surface area is 138 Å². The van der Waals surface area contributed by atoms with Crippen molar-refractivity contribution in [1.29, 1.82) is 0 Å². The quantitative estimate of drug-likeness (QED) is 0.725. The average Bonchev–Trinajstić information content (AvgIpc) is 2.96. The van der Waals surface area contributed by atoms with Crippen LogP contribution in [0.4, 0.5) is 8.78 Å². The number of hydrogen-bond acceptors (Lipinski definition) is 2. The molecular weight excluding hydrogens is 312 g/mol. The van der Waals surface area contributed by atoms with Gasteiger partial charge in [-0.2, -0.15) is 8.78 Å². The normalized spacial score (nSPS) is 11.2. The Morgan fingerprint density at radius 1 is 1.21 bits per heavy atom. The Morgan fingerprint density at radius 2 is 1.96 bits per heavy atom. The zero-order valence-corrected chi connectivity index (χ0v) is 13.4. The Morgan fingerprint density at radius 3 is 2.71 bits per heavy atom. The number of amides is 1. The van der Waals surface area contributed by atoms with Crippen LogP contribution in [0, 0.1) is 6.92 Å². The van der Waals surface area contributed by atoms with Gasteiger partial charge in [0.2, 0.25) is 0 Å². The number of pyridine rings is 1. The predicted octanol–water partition coefficient (Wildman–Crippen LogP) is 4.01. The smallest absolute Gasteiger partial charge is 0.319 e. The minimum atomic E-state index is -2.74. The van der Waals surface area contributed by atoms with Crippen molar-refractivity contribution in [3.63, 3.8) is 0 Å². The first-order chi connectivity index (χ1) is 11.5. The van der Waals surface area contributed by atoms with Gasteiger partial charge in [-0.25, -0.2) is 0 Å². The summed E-state index contributed by atoms with van der Waals surface area (Å²) in [6.45, 7) is -0.898. The van der Waals surface area contributed by atoms with Crippen molar-refractivity contribution in [2.24, 2.45) is 0 Å². The number of aryl methyl sites for hydroxylation is 1. The van der Waals surface area contributed by atoms with E-state index in [9.17, 15) is 13.6 Å². The fraction of sp³-hybridized carbons (Fsp3) is 0.222. The zero-order chi connectivity index (χ0) is 17.3. The fourth-order valence-corrected chi connectivity index (χ4v) is 2.80. The third-order valence-electron chi connectivity index (χ3n) is 4.01. The number of halogens is 2. The van der Waals surface area contributed by atoms with Crippen LogP contribution in [0.15, 0.2) is 48.7 Å². The number of carbonyl (C=O) groups excluding carboxylic acids is 1. The Bertz CT molecular complexity index is 884. The predicted molar refractivity (Wildman–Crippen MR) is 88.0 cm³/mol. The van der Waals surface area contributed by atoms with Crippen LogP contribution >= 0.6 is 0 Å². The largest absolute Gasteiger partial charge is 0.336 e. The molecule has 0 unspecified atom stereocenters. The number of aromatic nitrogens is 2. The molecule has 3 rings (SSSR count). The van der Waals surface area contributed by atoms with Gasteiger partial charge < -0.3 is 4.90 Å². The second-order valence-corrected chi connectivity index (χ2v) is 5.66. The van der Waals surface area contributed by atoms with E-state index in [0.717, 1.165) is 21.0 Å². The summed E-state index contributed by atoms with van der Waals surface area (Å²) < 4.78 is 27.1. The standard InChI is InChI=1S/C18H17F2N3O/c1-12-8-9-15(23(12)18(19)20)17(24)22(2)11-14-6-3-5-13-7-4-10-21-16(13)14/h3-10,18H,11H2,1-2H3. The van der Waals surface area contributed by atoms with E-state index < -0.39 is 12.5 Å². The molecule has 3 aromatic rings. The molecule has 0 spiro atoms. The Kier molecular flexibility index (Phi) is 4.29. The van der Waals surface area contributed by atoms with E-state index in [2.05, 4.69) is 4.98 Å². The van der Waals surface area contributed by atoms with Crippen molar-refractivity contribution in [1.82, 2.24) is 14.5 Å². The Hall–Kier alpha value is -2.76. The van der Waals surface area contributed by atoms with Crippen molar-refractivity contribution in [3.8, 4) is 0 Å². The number of alkyl halides is 2. The maximum atomic E-state index is 13.2. The van der Waals surface area contributed by atoms with Crippen LogP contribution in [0.2, 0.25) is 0 Å². The summed E-state index contributed by atoms with van der Waals surface area (Å²) in [4.78, 5) is 18.4. The highest BCUT2D eigenvalue weighted by molar-refractivity contribution is 5.93. The van der Waals surface area contributed by atoms with Gasteiger partial charge in [0.25, 0.3) is 5.91 Å². The van der Waals surface area contributed by atoms with Gasteiger partial charge in [-0.3, -0.25) is 14.3 Å². The highest BCUT2D eigenvalue weighted by Crippen LogP contribution is 2.22. The molecular formula is C18H17F2N3O. The van der Waals surface area contributed by atoms with E-state index in [1.54, 1.807) is 20.2 Å². The lowest BCUT2D eigenvalue weighted by Crippen LogP contribution is -2.28. The molecule has 1 aromatic carbocycles. The summed E-state index contributed by atoms with van der Waals surface area (Å²) in [6, 6.07) is 12.5. The lowest BCUT2D eigenvalue weighted by atomic mass is 10.1. The van der Waals surface area contributed by atoms with E-state index in [1.165, 1.54) is 17.0 Å². The van der Waals surface area contributed by atoms with Gasteiger partial charge in [0.1, 0.15) is 5.69 Å². The molecule has 0 bridgehead atoms. The van der Waals surface area contributed by atoms with Gasteiger partial charge in [0, 0.05) is 30.9 Å². The van der Waals surface area contributed by atoms with Gasteiger partial charge in [0.05, 0.1) is 5.52 Å². The Balaban J connectivity index is 1.89. The van der Waals surface area contributed by atoms with Crippen LogP contribution in [-0.4, -0.2) is 27.4 Å². The number of rotatable bonds is 4. The van der Waals surface area contributed by atoms with Crippen molar-refractivity contribution in [3.05, 3.63) is 65.6 Å². The molecule has 124 valence electrons. The maximum absolute atomic E-state index is 13.2. The van der Waals surface area contributed by atoms with Crippen molar-refractivity contribution >= 4 is 16.8 Å². The van der Waals surface area contributed by atoms with Crippen LogP contribution < -0.4 is 0 Å². The number of para-hydroxylation sites is 1. The summed E-state index contributed by atoms with van der Waals surface area (Å²) in [6.07, 6.45) is 1.69. The molecule has 0 atom stereocenters. The number of benzene rings is 1. The number of nitrogens with zero attached hydrogens (tertiary/aromatic N) is 3. The van der Waals surface area contributed by atoms with E-state index >= 15 is 0 Å². The van der Waals surface area contributed by atoms with Crippen LogP contribution in [0.5, 0.6) is 0 Å². The molecule has 0 saturated heterocycles. The van der Waals surface area contributed by atoms with Crippen molar-refractivity contribution in [2.75, 3.05) is 7.05 Å². The molecule has 1 amide bonds. The molecule has 0 N–H and O–H groups in total. The minimum absolute atomic E-state index is 0.0156. The summed E-state index contributed by atoms with van der Waals surface area (Å²) in [5.74, 6) is -0.448. The fourth-order valence-electron chi connectivity index (χ4n) is 2.80. The number of hydrogen-bond donors (Lipinski definition) is 0. The molecule has 6 heteroatoms.